The molecule has 0 atom stereocenters. The van der Waals surface area contributed by atoms with Crippen molar-refractivity contribution in [1.82, 2.24) is 15.2 Å². The zero-order valence-corrected chi connectivity index (χ0v) is 12.7. The molecule has 2 heterocycles. The minimum Gasteiger partial charge on any atom is -0.379 e. The Morgan fingerprint density at radius 1 is 1.43 bits per heavy atom. The molecule has 1 aliphatic rings. The average molecular weight is 291 g/mol. The Labute approximate surface area is 126 Å². The molecule has 0 bridgehead atoms. The second-order valence-electron chi connectivity index (χ2n) is 5.31. The van der Waals surface area contributed by atoms with Crippen LogP contribution in [0.3, 0.4) is 0 Å². The van der Waals surface area contributed by atoms with Crippen molar-refractivity contribution in [1.29, 1.82) is 0 Å². The number of morpholine rings is 1. The van der Waals surface area contributed by atoms with Gasteiger partial charge in [-0.2, -0.15) is 0 Å². The molecule has 0 amide bonds. The van der Waals surface area contributed by atoms with Gasteiger partial charge in [0.05, 0.1) is 19.8 Å². The summed E-state index contributed by atoms with van der Waals surface area (Å²) in [6, 6.07) is 2.07. The third-order valence-electron chi connectivity index (χ3n) is 3.42. The topological polar surface area (TPSA) is 75.8 Å². The number of hydrogen-bond donors (Lipinski definition) is 2. The van der Waals surface area contributed by atoms with Gasteiger partial charge in [-0.3, -0.25) is 9.88 Å². The molecule has 21 heavy (non-hydrogen) atoms. The highest BCUT2D eigenvalue weighted by Crippen LogP contribution is 2.02. The van der Waals surface area contributed by atoms with E-state index < -0.39 is 0 Å². The van der Waals surface area contributed by atoms with E-state index in [-0.39, 0.29) is 0 Å². The van der Waals surface area contributed by atoms with Crippen molar-refractivity contribution in [2.24, 2.45) is 10.7 Å². The summed E-state index contributed by atoms with van der Waals surface area (Å²) in [5.74, 6) is 0.499. The van der Waals surface area contributed by atoms with E-state index in [9.17, 15) is 0 Å². The average Bonchev–Trinajstić information content (AvgIpc) is 2.51. The number of nitrogens with two attached hydrogens (primary N) is 1. The number of nitrogens with zero attached hydrogens (tertiary/aromatic N) is 3. The second-order valence-corrected chi connectivity index (χ2v) is 5.31. The Hall–Kier alpha value is -1.66. The molecule has 0 saturated carbocycles. The SMILES string of the molecule is Cc1cncc(CN=C(N)NCCCN2CCOCC2)c1. The van der Waals surface area contributed by atoms with Gasteiger partial charge in [-0.1, -0.05) is 6.07 Å². The number of guanidine groups is 1. The first-order valence-corrected chi connectivity index (χ1v) is 7.48. The first-order valence-electron chi connectivity index (χ1n) is 7.48. The zero-order chi connectivity index (χ0) is 14.9. The van der Waals surface area contributed by atoms with E-state index in [4.69, 9.17) is 10.5 Å². The largest absolute Gasteiger partial charge is 0.379 e. The van der Waals surface area contributed by atoms with Gasteiger partial charge in [0.2, 0.25) is 0 Å². The van der Waals surface area contributed by atoms with Crippen molar-refractivity contribution < 1.29 is 4.74 Å². The van der Waals surface area contributed by atoms with E-state index in [0.717, 1.165) is 56.9 Å². The molecule has 1 aromatic heterocycles. The number of aromatic nitrogens is 1. The van der Waals surface area contributed by atoms with Crippen molar-refractivity contribution in [3.63, 3.8) is 0 Å². The van der Waals surface area contributed by atoms with Gasteiger partial charge in [0.25, 0.3) is 0 Å². The molecule has 1 fully saturated rings. The van der Waals surface area contributed by atoms with Crippen LogP contribution in [0.4, 0.5) is 0 Å². The van der Waals surface area contributed by atoms with Crippen LogP contribution in [0.15, 0.2) is 23.5 Å². The van der Waals surface area contributed by atoms with Gasteiger partial charge in [-0.25, -0.2) is 4.99 Å². The van der Waals surface area contributed by atoms with E-state index in [1.807, 2.05) is 19.3 Å². The van der Waals surface area contributed by atoms with E-state index in [1.54, 1.807) is 0 Å². The lowest BCUT2D eigenvalue weighted by atomic mass is 10.2. The minimum absolute atomic E-state index is 0.499. The summed E-state index contributed by atoms with van der Waals surface area (Å²) in [4.78, 5) is 10.9. The van der Waals surface area contributed by atoms with Crippen LogP contribution in [0, 0.1) is 6.92 Å². The van der Waals surface area contributed by atoms with Gasteiger partial charge < -0.3 is 15.8 Å². The summed E-state index contributed by atoms with van der Waals surface area (Å²) < 4.78 is 5.33. The van der Waals surface area contributed by atoms with Gasteiger partial charge in [-0.15, -0.1) is 0 Å². The van der Waals surface area contributed by atoms with Gasteiger partial charge >= 0.3 is 0 Å². The highest BCUT2D eigenvalue weighted by molar-refractivity contribution is 5.77. The monoisotopic (exact) mass is 291 g/mol. The molecule has 0 radical (unpaired) electrons. The maximum Gasteiger partial charge on any atom is 0.188 e. The van der Waals surface area contributed by atoms with Crippen LogP contribution < -0.4 is 11.1 Å². The van der Waals surface area contributed by atoms with Crippen LogP contribution in [-0.4, -0.2) is 55.2 Å². The molecule has 0 spiro atoms. The lowest BCUT2D eigenvalue weighted by Gasteiger charge is -2.26. The third-order valence-corrected chi connectivity index (χ3v) is 3.42. The molecule has 6 nitrogen and oxygen atoms in total. The van der Waals surface area contributed by atoms with E-state index in [2.05, 4.69) is 26.3 Å². The highest BCUT2D eigenvalue weighted by Gasteiger charge is 2.08. The fraction of sp³-hybridized carbons (Fsp3) is 0.600. The molecule has 3 N–H and O–H groups in total. The lowest BCUT2D eigenvalue weighted by Crippen LogP contribution is -2.39. The van der Waals surface area contributed by atoms with Crippen molar-refractivity contribution in [2.45, 2.75) is 19.9 Å². The smallest absolute Gasteiger partial charge is 0.188 e. The molecular weight excluding hydrogens is 266 g/mol. The number of rotatable bonds is 6. The Balaban J connectivity index is 1.62. The van der Waals surface area contributed by atoms with Crippen molar-refractivity contribution in [3.05, 3.63) is 29.6 Å². The van der Waals surface area contributed by atoms with Crippen LogP contribution in [0.1, 0.15) is 17.5 Å². The van der Waals surface area contributed by atoms with Gasteiger partial charge in [0, 0.05) is 32.0 Å². The maximum absolute atomic E-state index is 5.86. The van der Waals surface area contributed by atoms with E-state index in [0.29, 0.717) is 12.5 Å². The van der Waals surface area contributed by atoms with E-state index in [1.165, 1.54) is 0 Å². The third kappa shape index (κ3) is 6.10. The summed E-state index contributed by atoms with van der Waals surface area (Å²) >= 11 is 0. The molecule has 6 heteroatoms. The second kappa shape index (κ2) is 8.59. The Morgan fingerprint density at radius 2 is 2.24 bits per heavy atom. The summed E-state index contributed by atoms with van der Waals surface area (Å²) in [6.45, 7) is 8.27. The van der Waals surface area contributed by atoms with Crippen LogP contribution in [-0.2, 0) is 11.3 Å². The number of ether oxygens (including phenoxy) is 1. The van der Waals surface area contributed by atoms with Crippen molar-refractivity contribution in [2.75, 3.05) is 39.4 Å². The molecule has 0 aromatic carbocycles. The van der Waals surface area contributed by atoms with Gasteiger partial charge in [-0.05, 0) is 31.0 Å². The van der Waals surface area contributed by atoms with Gasteiger partial charge in [0.1, 0.15) is 0 Å². The normalized spacial score (nSPS) is 16.9. The Morgan fingerprint density at radius 3 is 3.00 bits per heavy atom. The van der Waals surface area contributed by atoms with Crippen molar-refractivity contribution >= 4 is 5.96 Å². The quantitative estimate of drug-likeness (QED) is 0.454. The Kier molecular flexibility index (Phi) is 6.43. The molecule has 1 aromatic rings. The number of hydrogen-bond acceptors (Lipinski definition) is 4. The number of aliphatic imine (C=N–C) groups is 1. The molecule has 0 unspecified atom stereocenters. The van der Waals surface area contributed by atoms with E-state index >= 15 is 0 Å². The summed E-state index contributed by atoms with van der Waals surface area (Å²) in [5, 5.41) is 3.16. The standard InChI is InChI=1S/C15H25N5O/c1-13-9-14(11-17-10-13)12-19-15(16)18-3-2-4-20-5-7-21-8-6-20/h9-11H,2-8,12H2,1H3,(H3,16,18,19). The lowest BCUT2D eigenvalue weighted by molar-refractivity contribution is 0.0376. The Bertz CT molecular complexity index is 457. The summed E-state index contributed by atoms with van der Waals surface area (Å²) in [7, 11) is 0. The first-order chi connectivity index (χ1) is 10.2. The highest BCUT2D eigenvalue weighted by atomic mass is 16.5. The predicted molar refractivity (Wildman–Crippen MR) is 84.2 cm³/mol. The molecular formula is C15H25N5O. The molecule has 0 aliphatic carbocycles. The predicted octanol–water partition coefficient (Wildman–Crippen LogP) is 0.517. The number of pyridine rings is 1. The van der Waals surface area contributed by atoms with Crippen molar-refractivity contribution in [3.8, 4) is 0 Å². The number of nitrogens with one attached hydrogen (secondary N) is 1. The van der Waals surface area contributed by atoms with Gasteiger partial charge in [0.15, 0.2) is 5.96 Å². The minimum atomic E-state index is 0.499. The fourth-order valence-corrected chi connectivity index (χ4v) is 2.28. The molecule has 1 aliphatic heterocycles. The zero-order valence-electron chi connectivity index (χ0n) is 12.7. The molecule has 2 rings (SSSR count). The van der Waals surface area contributed by atoms with Crippen LogP contribution in [0.2, 0.25) is 0 Å². The molecule has 1 saturated heterocycles. The van der Waals surface area contributed by atoms with Crippen LogP contribution in [0.25, 0.3) is 0 Å². The van der Waals surface area contributed by atoms with Crippen LogP contribution in [0.5, 0.6) is 0 Å². The van der Waals surface area contributed by atoms with Crippen LogP contribution >= 0.6 is 0 Å². The summed E-state index contributed by atoms with van der Waals surface area (Å²) in [6.07, 6.45) is 4.71. The summed E-state index contributed by atoms with van der Waals surface area (Å²) in [5.41, 5.74) is 8.08. The fourth-order valence-electron chi connectivity index (χ4n) is 2.28. The first kappa shape index (κ1) is 15.7. The molecule has 116 valence electrons. The maximum atomic E-state index is 5.86. The number of aryl methyl sites for hydroxylation is 1.